The molecule has 2 heterocycles. The minimum absolute atomic E-state index is 0.137. The van der Waals surface area contributed by atoms with Crippen LogP contribution in [0.15, 0.2) is 12.3 Å². The second-order valence-corrected chi connectivity index (χ2v) is 10.2. The van der Waals surface area contributed by atoms with Crippen molar-refractivity contribution in [1.29, 1.82) is 0 Å². The molecule has 1 aliphatic heterocycles. The van der Waals surface area contributed by atoms with Crippen LogP contribution in [0, 0.1) is 0 Å². The van der Waals surface area contributed by atoms with Gasteiger partial charge < -0.3 is 24.1 Å². The van der Waals surface area contributed by atoms with E-state index in [9.17, 15) is 19.5 Å². The first-order chi connectivity index (χ1) is 16.0. The maximum Gasteiger partial charge on any atom is 0.444 e. The van der Waals surface area contributed by atoms with Crippen molar-refractivity contribution >= 4 is 29.2 Å². The molecule has 0 saturated heterocycles. The normalized spacial score (nSPS) is 14.5. The number of aromatic nitrogens is 2. The molecule has 0 spiro atoms. The number of fused-ring (bicyclic) bond motifs is 2. The molecule has 0 saturated carbocycles. The Hall–Kier alpha value is -3.67. The van der Waals surface area contributed by atoms with Crippen molar-refractivity contribution in [1.82, 2.24) is 15.0 Å². The third-order valence-electron chi connectivity index (χ3n) is 4.23. The van der Waals surface area contributed by atoms with Gasteiger partial charge in [0.2, 0.25) is 5.79 Å². The highest BCUT2D eigenvalue weighted by Crippen LogP contribution is 2.45. The van der Waals surface area contributed by atoms with E-state index in [0.717, 1.165) is 6.20 Å². The first-order valence-electron chi connectivity index (χ1n) is 10.8. The molecule has 1 aromatic heterocycles. The summed E-state index contributed by atoms with van der Waals surface area (Å²) in [4.78, 5) is 50.9. The van der Waals surface area contributed by atoms with Crippen LogP contribution >= 0.6 is 0 Å². The van der Waals surface area contributed by atoms with Crippen molar-refractivity contribution < 1.29 is 43.3 Å². The molecule has 12 heteroatoms. The van der Waals surface area contributed by atoms with Crippen molar-refractivity contribution in [3.05, 3.63) is 23.5 Å². The fourth-order valence-corrected chi connectivity index (χ4v) is 3.04. The number of ether oxygens (including phenoxy) is 4. The highest BCUT2D eigenvalue weighted by atomic mass is 16.8. The van der Waals surface area contributed by atoms with Gasteiger partial charge in [0.05, 0.1) is 22.8 Å². The molecule has 0 bridgehead atoms. The van der Waals surface area contributed by atoms with Crippen molar-refractivity contribution in [2.45, 2.75) is 79.0 Å². The Labute approximate surface area is 202 Å². The standard InChI is InChI=1S/C23H29N3O9/c1-21(2,3)34-19(29)26(20(30)35-22(4,5)6)31-11-12-16-13(24-10-14(25-16)18(27)28)9-15-17(12)33-23(7,8)32-15/h9-10H,11H2,1-8H3,(H,27,28). The summed E-state index contributed by atoms with van der Waals surface area (Å²) in [6.45, 7) is 12.7. The molecule has 12 nitrogen and oxygen atoms in total. The molecule has 1 aliphatic rings. The average Bonchev–Trinajstić information content (AvgIpc) is 2.97. The molecule has 0 unspecified atom stereocenters. The lowest BCUT2D eigenvalue weighted by Gasteiger charge is -2.27. The molecular formula is C23H29N3O9. The van der Waals surface area contributed by atoms with Crippen molar-refractivity contribution in [2.75, 3.05) is 0 Å². The quantitative estimate of drug-likeness (QED) is 0.605. The second kappa shape index (κ2) is 8.84. The van der Waals surface area contributed by atoms with Crippen LogP contribution in [0.4, 0.5) is 9.59 Å². The lowest BCUT2D eigenvalue weighted by atomic mass is 10.1. The summed E-state index contributed by atoms with van der Waals surface area (Å²) in [5, 5.41) is 9.73. The number of amides is 2. The van der Waals surface area contributed by atoms with Gasteiger partial charge >= 0.3 is 18.2 Å². The van der Waals surface area contributed by atoms with Crippen LogP contribution < -0.4 is 9.47 Å². The highest BCUT2D eigenvalue weighted by Gasteiger charge is 2.37. The number of rotatable bonds is 4. The van der Waals surface area contributed by atoms with E-state index in [4.69, 9.17) is 23.8 Å². The van der Waals surface area contributed by atoms with E-state index in [0.29, 0.717) is 16.3 Å². The monoisotopic (exact) mass is 491 g/mol. The molecule has 1 aromatic carbocycles. The number of hydrogen-bond acceptors (Lipinski definition) is 10. The van der Waals surface area contributed by atoms with Crippen LogP contribution in [0.2, 0.25) is 0 Å². The van der Waals surface area contributed by atoms with Crippen LogP contribution in [0.25, 0.3) is 11.0 Å². The number of carboxylic acid groups (broad SMARTS) is 1. The maximum absolute atomic E-state index is 12.8. The fourth-order valence-electron chi connectivity index (χ4n) is 3.04. The van der Waals surface area contributed by atoms with E-state index in [1.807, 2.05) is 0 Å². The molecule has 3 rings (SSSR count). The summed E-state index contributed by atoms with van der Waals surface area (Å²) < 4.78 is 22.2. The topological polar surface area (TPSA) is 147 Å². The number of carbonyl (C=O) groups excluding carboxylic acids is 2. The third kappa shape index (κ3) is 6.27. The summed E-state index contributed by atoms with van der Waals surface area (Å²) in [6, 6.07) is 1.56. The van der Waals surface area contributed by atoms with Crippen molar-refractivity contribution in [3.8, 4) is 11.5 Å². The molecule has 2 aromatic rings. The molecule has 1 N–H and O–H groups in total. The number of carboxylic acids is 1. The summed E-state index contributed by atoms with van der Waals surface area (Å²) in [7, 11) is 0. The summed E-state index contributed by atoms with van der Waals surface area (Å²) in [6.07, 6.45) is -1.09. The molecular weight excluding hydrogens is 462 g/mol. The second-order valence-electron chi connectivity index (χ2n) is 10.2. The van der Waals surface area contributed by atoms with Crippen LogP contribution in [0.3, 0.4) is 0 Å². The molecule has 0 radical (unpaired) electrons. The first-order valence-corrected chi connectivity index (χ1v) is 10.8. The van der Waals surface area contributed by atoms with Gasteiger partial charge in [0.25, 0.3) is 0 Å². The largest absolute Gasteiger partial charge is 0.476 e. The lowest BCUT2D eigenvalue weighted by molar-refractivity contribution is -0.146. The van der Waals surface area contributed by atoms with Gasteiger partial charge in [-0.3, -0.25) is 9.82 Å². The summed E-state index contributed by atoms with van der Waals surface area (Å²) >= 11 is 0. The molecule has 0 atom stereocenters. The van der Waals surface area contributed by atoms with E-state index < -0.39 is 41.8 Å². The molecule has 35 heavy (non-hydrogen) atoms. The molecule has 190 valence electrons. The van der Waals surface area contributed by atoms with Gasteiger partial charge in [0.1, 0.15) is 17.8 Å². The lowest BCUT2D eigenvalue weighted by Crippen LogP contribution is -2.43. The van der Waals surface area contributed by atoms with E-state index in [1.54, 1.807) is 61.5 Å². The van der Waals surface area contributed by atoms with Gasteiger partial charge in [-0.2, -0.15) is 0 Å². The predicted molar refractivity (Wildman–Crippen MR) is 121 cm³/mol. The number of aromatic carboxylic acids is 1. The zero-order valence-electron chi connectivity index (χ0n) is 20.9. The van der Waals surface area contributed by atoms with Gasteiger partial charge in [-0.1, -0.05) is 5.06 Å². The van der Waals surface area contributed by atoms with E-state index >= 15 is 0 Å². The first kappa shape index (κ1) is 25.9. The Bertz CT molecular complexity index is 1150. The number of hydroxylamine groups is 2. The maximum atomic E-state index is 12.8. The minimum atomic E-state index is -1.28. The Morgan fingerprint density at radius 3 is 2.11 bits per heavy atom. The minimum Gasteiger partial charge on any atom is -0.476 e. The Morgan fingerprint density at radius 1 is 1.03 bits per heavy atom. The van der Waals surface area contributed by atoms with E-state index in [1.165, 1.54) is 0 Å². The number of benzene rings is 1. The number of hydrogen-bond donors (Lipinski definition) is 1. The highest BCUT2D eigenvalue weighted by molar-refractivity contribution is 5.90. The zero-order valence-corrected chi connectivity index (χ0v) is 20.9. The Balaban J connectivity index is 2.04. The van der Waals surface area contributed by atoms with Crippen LogP contribution in [0.5, 0.6) is 11.5 Å². The van der Waals surface area contributed by atoms with Gasteiger partial charge in [-0.15, -0.1) is 0 Å². The Kier molecular flexibility index (Phi) is 6.55. The molecule has 0 fully saturated rings. The number of carbonyl (C=O) groups is 3. The van der Waals surface area contributed by atoms with Crippen LogP contribution in [-0.2, 0) is 20.9 Å². The zero-order chi connectivity index (χ0) is 26.3. The summed E-state index contributed by atoms with van der Waals surface area (Å²) in [5.41, 5.74) is -1.51. The average molecular weight is 491 g/mol. The number of nitrogens with zero attached hydrogens (tertiary/aromatic N) is 3. The smallest absolute Gasteiger partial charge is 0.444 e. The van der Waals surface area contributed by atoms with Crippen LogP contribution in [0.1, 0.15) is 71.4 Å². The van der Waals surface area contributed by atoms with E-state index in [2.05, 4.69) is 9.97 Å². The predicted octanol–water partition coefficient (Wildman–Crippen LogP) is 4.44. The van der Waals surface area contributed by atoms with Gasteiger partial charge in [-0.05, 0) is 41.5 Å². The SMILES string of the molecule is CC(C)(C)OC(=O)N(OCc1c2c(cc3ncc(C(=O)O)nc13)OC(C)(C)O2)C(=O)OC(C)(C)C. The Morgan fingerprint density at radius 2 is 1.60 bits per heavy atom. The van der Waals surface area contributed by atoms with Gasteiger partial charge in [0.15, 0.2) is 17.2 Å². The fraction of sp³-hybridized carbons (Fsp3) is 0.522. The van der Waals surface area contributed by atoms with E-state index in [-0.39, 0.29) is 22.5 Å². The third-order valence-corrected chi connectivity index (χ3v) is 4.23. The van der Waals surface area contributed by atoms with Crippen molar-refractivity contribution in [2.24, 2.45) is 0 Å². The summed E-state index contributed by atoms with van der Waals surface area (Å²) in [5.74, 6) is -1.79. The number of imide groups is 1. The molecule has 2 amide bonds. The van der Waals surface area contributed by atoms with Gasteiger partial charge in [-0.25, -0.2) is 19.4 Å². The van der Waals surface area contributed by atoms with Crippen LogP contribution in [-0.4, -0.2) is 55.3 Å². The van der Waals surface area contributed by atoms with Gasteiger partial charge in [0, 0.05) is 19.9 Å². The van der Waals surface area contributed by atoms with Crippen molar-refractivity contribution in [3.63, 3.8) is 0 Å². The molecule has 0 aliphatic carbocycles.